The summed E-state index contributed by atoms with van der Waals surface area (Å²) in [6, 6.07) is 39.4. The van der Waals surface area contributed by atoms with Gasteiger partial charge in [0.1, 0.15) is 23.8 Å². The molecule has 2 saturated heterocycles. The molecule has 0 aromatic heterocycles. The molecule has 4 unspecified atom stereocenters. The fourth-order valence-corrected chi connectivity index (χ4v) is 11.8. The number of hydrogen-bond acceptors (Lipinski definition) is 2. The zero-order valence-electron chi connectivity index (χ0n) is 29.5. The number of piperidine rings is 1. The molecule has 0 radical (unpaired) electrons. The third-order valence-corrected chi connectivity index (χ3v) is 14.0. The van der Waals surface area contributed by atoms with E-state index in [0.29, 0.717) is 18.0 Å². The van der Waals surface area contributed by atoms with Gasteiger partial charge in [-0.1, -0.05) is 91.0 Å². The highest BCUT2D eigenvalue weighted by atomic mass is 16.2. The van der Waals surface area contributed by atoms with Crippen LogP contribution in [0.2, 0.25) is 0 Å². The molecule has 1 spiro atoms. The Bertz CT molecular complexity index is 2120. The first-order chi connectivity index (χ1) is 24.5. The highest BCUT2D eigenvalue weighted by Crippen LogP contribution is 2.58. The lowest BCUT2D eigenvalue weighted by atomic mass is 9.69. The summed E-state index contributed by atoms with van der Waals surface area (Å²) in [6.45, 7) is 6.37. The Balaban J connectivity index is 1.12. The lowest BCUT2D eigenvalue weighted by Gasteiger charge is -2.57. The van der Waals surface area contributed by atoms with Crippen LogP contribution in [0.1, 0.15) is 107 Å². The summed E-state index contributed by atoms with van der Waals surface area (Å²) in [7, 11) is 0. The quantitative estimate of drug-likeness (QED) is 0.195. The van der Waals surface area contributed by atoms with Gasteiger partial charge in [-0.2, -0.15) is 0 Å². The van der Waals surface area contributed by atoms with Crippen LogP contribution in [0.5, 0.6) is 0 Å². The molecular formula is C46H48N3O+. The van der Waals surface area contributed by atoms with Crippen molar-refractivity contribution >= 4 is 22.4 Å². The molecular weight excluding hydrogens is 611 g/mol. The van der Waals surface area contributed by atoms with Crippen LogP contribution in [0.4, 0.5) is 5.69 Å². The Kier molecular flexibility index (Phi) is 6.87. The maximum Gasteiger partial charge on any atom is 0.248 e. The van der Waals surface area contributed by atoms with E-state index in [1.54, 1.807) is 16.7 Å². The van der Waals surface area contributed by atoms with Gasteiger partial charge in [0, 0.05) is 48.1 Å². The minimum Gasteiger partial charge on any atom is -0.332 e. The topological polar surface area (TPSA) is 32.3 Å². The summed E-state index contributed by atoms with van der Waals surface area (Å²) in [4.78, 5) is 17.3. The van der Waals surface area contributed by atoms with Crippen molar-refractivity contribution in [1.82, 2.24) is 5.32 Å². The summed E-state index contributed by atoms with van der Waals surface area (Å²) in [5, 5.41) is 6.45. The number of quaternary nitrogens is 1. The Labute approximate surface area is 296 Å². The minimum atomic E-state index is -0.604. The van der Waals surface area contributed by atoms with E-state index in [4.69, 9.17) is 0 Å². The number of hydrogen-bond donors (Lipinski definition) is 1. The predicted molar refractivity (Wildman–Crippen MR) is 202 cm³/mol. The van der Waals surface area contributed by atoms with Crippen LogP contribution in [0.15, 0.2) is 103 Å². The molecule has 5 aliphatic rings. The average molecular weight is 659 g/mol. The summed E-state index contributed by atoms with van der Waals surface area (Å²) in [5.74, 6) is 0.906. The average Bonchev–Trinajstić information content (AvgIpc) is 3.66. The number of carbonyl (C=O) groups excluding carboxylic acids is 1. The number of rotatable bonds is 4. The van der Waals surface area contributed by atoms with Gasteiger partial charge >= 0.3 is 0 Å². The van der Waals surface area contributed by atoms with Gasteiger partial charge in [-0.25, -0.2) is 0 Å². The molecule has 50 heavy (non-hydrogen) atoms. The van der Waals surface area contributed by atoms with E-state index >= 15 is 0 Å². The summed E-state index contributed by atoms with van der Waals surface area (Å²) in [5.41, 5.74) is 12.2. The van der Waals surface area contributed by atoms with E-state index in [1.165, 1.54) is 70.7 Å². The molecule has 2 aliphatic heterocycles. The van der Waals surface area contributed by atoms with Crippen molar-refractivity contribution in [2.75, 3.05) is 18.0 Å². The molecule has 5 aromatic carbocycles. The van der Waals surface area contributed by atoms with E-state index in [0.717, 1.165) is 42.5 Å². The van der Waals surface area contributed by atoms with Gasteiger partial charge < -0.3 is 14.7 Å². The SMILES string of the molecule is Cc1cccc(C)c1C1NC(=O)C2(CC[N+](C3CCC4CCCc5cccc3c54)(C3Cc4cccc5cccc3c45)CC2)N1c1ccccc1. The van der Waals surface area contributed by atoms with Gasteiger partial charge in [0.15, 0.2) is 0 Å². The maximum atomic E-state index is 14.8. The van der Waals surface area contributed by atoms with Gasteiger partial charge in [-0.3, -0.25) is 4.79 Å². The Hall–Kier alpha value is -4.41. The van der Waals surface area contributed by atoms with Gasteiger partial charge in [-0.05, 0) is 96.2 Å². The van der Waals surface area contributed by atoms with Gasteiger partial charge in [0.25, 0.3) is 0 Å². The number of amides is 1. The highest BCUT2D eigenvalue weighted by molar-refractivity contribution is 5.95. The summed E-state index contributed by atoms with van der Waals surface area (Å²) >= 11 is 0. The Morgan fingerprint density at radius 3 is 2.20 bits per heavy atom. The molecule has 252 valence electrons. The molecule has 10 rings (SSSR count). The molecule has 4 nitrogen and oxygen atoms in total. The van der Waals surface area contributed by atoms with Crippen molar-refractivity contribution in [3.63, 3.8) is 0 Å². The van der Waals surface area contributed by atoms with Crippen molar-refractivity contribution < 1.29 is 9.28 Å². The van der Waals surface area contributed by atoms with Crippen LogP contribution in [0, 0.1) is 13.8 Å². The van der Waals surface area contributed by atoms with E-state index in [9.17, 15) is 4.79 Å². The van der Waals surface area contributed by atoms with Crippen molar-refractivity contribution in [2.24, 2.45) is 0 Å². The first-order valence-corrected chi connectivity index (χ1v) is 19.2. The van der Waals surface area contributed by atoms with Gasteiger partial charge in [0.2, 0.25) is 5.91 Å². The monoisotopic (exact) mass is 658 g/mol. The molecule has 4 atom stereocenters. The highest BCUT2D eigenvalue weighted by Gasteiger charge is 2.61. The van der Waals surface area contributed by atoms with E-state index in [1.807, 2.05) is 0 Å². The fraction of sp³-hybridized carbons (Fsp3) is 0.370. The molecule has 1 amide bonds. The summed E-state index contributed by atoms with van der Waals surface area (Å²) in [6.07, 6.45) is 8.96. The van der Waals surface area contributed by atoms with Crippen LogP contribution >= 0.6 is 0 Å². The maximum absolute atomic E-state index is 14.8. The van der Waals surface area contributed by atoms with Crippen molar-refractivity contribution in [2.45, 2.75) is 94.9 Å². The second kappa shape index (κ2) is 11.3. The molecule has 5 aromatic rings. The van der Waals surface area contributed by atoms with Crippen LogP contribution in [-0.2, 0) is 17.6 Å². The molecule has 0 saturated carbocycles. The second-order valence-corrected chi connectivity index (χ2v) is 16.2. The zero-order chi connectivity index (χ0) is 33.6. The van der Waals surface area contributed by atoms with Crippen molar-refractivity contribution in [3.05, 3.63) is 148 Å². The number of anilines is 1. The molecule has 2 fully saturated rings. The molecule has 2 heterocycles. The number of para-hydroxylation sites is 1. The molecule has 3 aliphatic carbocycles. The molecule has 0 bridgehead atoms. The molecule has 1 N–H and O–H groups in total. The molecule has 4 heteroatoms. The Morgan fingerprint density at radius 2 is 1.40 bits per heavy atom. The van der Waals surface area contributed by atoms with E-state index in [2.05, 4.69) is 127 Å². The lowest BCUT2D eigenvalue weighted by molar-refractivity contribution is -0.989. The predicted octanol–water partition coefficient (Wildman–Crippen LogP) is 9.69. The second-order valence-electron chi connectivity index (χ2n) is 16.2. The normalized spacial score (nSPS) is 29.7. The number of carbonyl (C=O) groups is 1. The van der Waals surface area contributed by atoms with E-state index < -0.39 is 5.54 Å². The first-order valence-electron chi connectivity index (χ1n) is 19.2. The Morgan fingerprint density at radius 1 is 0.700 bits per heavy atom. The minimum absolute atomic E-state index is 0.188. The number of benzene rings is 5. The number of nitrogens with one attached hydrogen (secondary N) is 1. The van der Waals surface area contributed by atoms with Crippen LogP contribution in [0.25, 0.3) is 10.8 Å². The largest absolute Gasteiger partial charge is 0.332 e. The fourth-order valence-electron chi connectivity index (χ4n) is 11.8. The number of likely N-dealkylation sites (tertiary alicyclic amines) is 1. The smallest absolute Gasteiger partial charge is 0.248 e. The van der Waals surface area contributed by atoms with Crippen molar-refractivity contribution in [1.29, 1.82) is 0 Å². The standard InChI is InChI=1S/C46H47N3O/c1-30-11-6-12-31(2)41(30)44-47-45(50)46(48(44)36-19-4-3-5-20-36)25-27-49(28-26-46,40-29-35-18-8-14-33-17-10-22-38(40)43(33)35)39-24-23-34-15-7-13-32-16-9-21-37(39)42(32)34/h3-6,8-12,14,16-22,34,39-40,44H,7,13,15,23-29H2,1-2H3/p+1. The van der Waals surface area contributed by atoms with E-state index in [-0.39, 0.29) is 12.1 Å². The van der Waals surface area contributed by atoms with Crippen LogP contribution in [-0.4, -0.2) is 29.0 Å². The van der Waals surface area contributed by atoms with Crippen molar-refractivity contribution in [3.8, 4) is 0 Å². The number of aryl methyl sites for hydroxylation is 3. The summed E-state index contributed by atoms with van der Waals surface area (Å²) < 4.78 is 1.06. The van der Waals surface area contributed by atoms with Crippen LogP contribution in [0.3, 0.4) is 0 Å². The van der Waals surface area contributed by atoms with Crippen LogP contribution < -0.4 is 10.2 Å². The van der Waals surface area contributed by atoms with Gasteiger partial charge in [0.05, 0.1) is 13.1 Å². The number of nitrogens with zero attached hydrogens (tertiary/aromatic N) is 2. The third kappa shape index (κ3) is 4.24. The van der Waals surface area contributed by atoms with Gasteiger partial charge in [-0.15, -0.1) is 0 Å². The lowest BCUT2D eigenvalue weighted by Crippen LogP contribution is -2.65. The third-order valence-electron chi connectivity index (χ3n) is 14.0. The first kappa shape index (κ1) is 30.4. The zero-order valence-corrected chi connectivity index (χ0v) is 29.5.